The smallest absolute Gasteiger partial charge is 0.228 e. The van der Waals surface area contributed by atoms with Gasteiger partial charge in [0, 0.05) is 30.1 Å². The van der Waals surface area contributed by atoms with Gasteiger partial charge >= 0.3 is 0 Å². The molecule has 1 saturated heterocycles. The van der Waals surface area contributed by atoms with Crippen molar-refractivity contribution in [2.75, 3.05) is 13.2 Å². The minimum Gasteiger partial charge on any atom is -0.491 e. The summed E-state index contributed by atoms with van der Waals surface area (Å²) in [5.74, 6) is 0.702. The molecule has 1 amide bonds. The van der Waals surface area contributed by atoms with Crippen LogP contribution in [0.5, 0.6) is 5.75 Å². The molecule has 6 heteroatoms. The summed E-state index contributed by atoms with van der Waals surface area (Å²) >= 11 is 0. The summed E-state index contributed by atoms with van der Waals surface area (Å²) in [6.07, 6.45) is 7.29. The van der Waals surface area contributed by atoms with Crippen molar-refractivity contribution in [2.24, 2.45) is 0 Å². The topological polar surface area (TPSA) is 76.3 Å². The normalized spacial score (nSPS) is 17.9. The molecule has 1 unspecified atom stereocenters. The van der Waals surface area contributed by atoms with Gasteiger partial charge in [-0.1, -0.05) is 24.3 Å². The summed E-state index contributed by atoms with van der Waals surface area (Å²) in [5.41, 5.74) is 4.49. The van der Waals surface area contributed by atoms with Gasteiger partial charge in [-0.15, -0.1) is 0 Å². The monoisotopic (exact) mass is 470 g/mol. The summed E-state index contributed by atoms with van der Waals surface area (Å²) in [7, 11) is 0. The molecule has 6 nitrogen and oxygen atoms in total. The lowest BCUT2D eigenvalue weighted by atomic mass is 9.92. The molecule has 1 atom stereocenters. The van der Waals surface area contributed by atoms with Gasteiger partial charge in [-0.2, -0.15) is 5.26 Å². The van der Waals surface area contributed by atoms with E-state index in [4.69, 9.17) is 9.47 Å². The summed E-state index contributed by atoms with van der Waals surface area (Å²) in [6, 6.07) is 16.9. The molecule has 1 saturated carbocycles. The number of carbonyl (C=O) groups excluding carboxylic acids is 1. The van der Waals surface area contributed by atoms with Gasteiger partial charge in [-0.05, 0) is 69.2 Å². The quantitative estimate of drug-likeness (QED) is 0.469. The predicted octanol–water partition coefficient (Wildman–Crippen LogP) is 5.54. The number of hydrogen-bond acceptors (Lipinski definition) is 4. The number of amides is 1. The highest BCUT2D eigenvalue weighted by molar-refractivity contribution is 5.95. The fourth-order valence-electron chi connectivity index (χ4n) is 4.98. The lowest BCUT2D eigenvalue weighted by Crippen LogP contribution is -2.30. The van der Waals surface area contributed by atoms with E-state index in [1.165, 1.54) is 6.42 Å². The molecule has 2 fully saturated rings. The van der Waals surface area contributed by atoms with Crippen molar-refractivity contribution in [3.63, 3.8) is 0 Å². The second kappa shape index (κ2) is 10.1. The minimum atomic E-state index is -0.107. The molecule has 5 rings (SSSR count). The van der Waals surface area contributed by atoms with Crippen LogP contribution in [0.1, 0.15) is 63.1 Å². The minimum absolute atomic E-state index is 0.0916. The van der Waals surface area contributed by atoms with Crippen molar-refractivity contribution >= 4 is 16.8 Å². The van der Waals surface area contributed by atoms with Gasteiger partial charge in [0.25, 0.3) is 0 Å². The molecule has 1 N–H and O–H groups in total. The molecular weight excluding hydrogens is 438 g/mol. The fourth-order valence-corrected chi connectivity index (χ4v) is 4.98. The standard InChI is InChI=1S/C29H32N3O3/c1-19(2)31-28(33)15-20-8-10-21(11-9-20)29-26(17-30)25-13-12-23(35-18-24-7-4-14-34-24)16-27(25)32(29)22-5-3-6-22/h8-13,15-16,19,22,24H,3-7,14,18H2,1-2H3,(H,31,33). The molecule has 2 aromatic carbocycles. The van der Waals surface area contributed by atoms with Crippen molar-refractivity contribution in [3.05, 3.63) is 60.0 Å². The van der Waals surface area contributed by atoms with Crippen LogP contribution < -0.4 is 10.1 Å². The van der Waals surface area contributed by atoms with Crippen LogP contribution in [0.2, 0.25) is 0 Å². The van der Waals surface area contributed by atoms with Gasteiger partial charge in [0.05, 0.1) is 29.3 Å². The van der Waals surface area contributed by atoms with Crippen molar-refractivity contribution in [1.82, 2.24) is 9.88 Å². The highest BCUT2D eigenvalue weighted by atomic mass is 16.5. The number of rotatable bonds is 8. The summed E-state index contributed by atoms with van der Waals surface area (Å²) in [4.78, 5) is 12.1. The van der Waals surface area contributed by atoms with E-state index in [0.29, 0.717) is 18.2 Å². The van der Waals surface area contributed by atoms with Crippen LogP contribution in [0.4, 0.5) is 0 Å². The van der Waals surface area contributed by atoms with E-state index < -0.39 is 0 Å². The Hall–Kier alpha value is -3.30. The number of benzene rings is 2. The number of ether oxygens (including phenoxy) is 2. The number of aromatic nitrogens is 1. The van der Waals surface area contributed by atoms with E-state index in [1.54, 1.807) is 6.42 Å². The number of nitrogens with one attached hydrogen (secondary N) is 1. The maximum atomic E-state index is 12.1. The van der Waals surface area contributed by atoms with Crippen molar-refractivity contribution in [1.29, 1.82) is 5.26 Å². The van der Waals surface area contributed by atoms with Crippen LogP contribution in [0.15, 0.2) is 42.5 Å². The highest BCUT2D eigenvalue weighted by Crippen LogP contribution is 2.43. The maximum absolute atomic E-state index is 12.1. The first kappa shape index (κ1) is 23.4. The van der Waals surface area contributed by atoms with Crippen LogP contribution in [-0.2, 0) is 9.53 Å². The molecule has 1 aliphatic heterocycles. The summed E-state index contributed by atoms with van der Waals surface area (Å²) in [5, 5.41) is 14.0. The van der Waals surface area contributed by atoms with E-state index in [0.717, 1.165) is 65.8 Å². The van der Waals surface area contributed by atoms with Crippen molar-refractivity contribution in [3.8, 4) is 23.1 Å². The van der Waals surface area contributed by atoms with Crippen LogP contribution >= 0.6 is 0 Å². The average Bonchev–Trinajstić information content (AvgIpc) is 3.43. The number of hydrogen-bond donors (Lipinski definition) is 1. The van der Waals surface area contributed by atoms with E-state index in [1.807, 2.05) is 50.2 Å². The Labute approximate surface area is 206 Å². The highest BCUT2D eigenvalue weighted by Gasteiger charge is 2.28. The van der Waals surface area contributed by atoms with Gasteiger partial charge < -0.3 is 19.4 Å². The fraction of sp³-hybridized carbons (Fsp3) is 0.414. The summed E-state index contributed by atoms with van der Waals surface area (Å²) < 4.78 is 14.1. The molecule has 2 heterocycles. The second-order valence-corrected chi connectivity index (χ2v) is 9.84. The lowest BCUT2D eigenvalue weighted by molar-refractivity contribution is -0.118. The van der Waals surface area contributed by atoms with Gasteiger partial charge in [0.1, 0.15) is 18.4 Å². The third-order valence-electron chi connectivity index (χ3n) is 6.90. The Kier molecular flexibility index (Phi) is 6.79. The Morgan fingerprint density at radius 2 is 2.00 bits per heavy atom. The van der Waals surface area contributed by atoms with Crippen molar-refractivity contribution < 1.29 is 14.3 Å². The van der Waals surface area contributed by atoms with Crippen LogP contribution in [0.3, 0.4) is 0 Å². The first-order chi connectivity index (χ1) is 17.0. The zero-order valence-electron chi connectivity index (χ0n) is 20.4. The van der Waals surface area contributed by atoms with E-state index in [9.17, 15) is 10.1 Å². The second-order valence-electron chi connectivity index (χ2n) is 9.84. The molecule has 1 aliphatic carbocycles. The van der Waals surface area contributed by atoms with Crippen LogP contribution in [0.25, 0.3) is 22.2 Å². The largest absolute Gasteiger partial charge is 0.491 e. The summed E-state index contributed by atoms with van der Waals surface area (Å²) in [6.45, 7) is 5.24. The number of carbonyl (C=O) groups is 1. The Morgan fingerprint density at radius 1 is 1.20 bits per heavy atom. The third-order valence-corrected chi connectivity index (χ3v) is 6.90. The Balaban J connectivity index is 1.49. The molecule has 0 spiro atoms. The van der Waals surface area contributed by atoms with Gasteiger partial charge in [0.2, 0.25) is 5.91 Å². The Bertz CT molecular complexity index is 1240. The first-order valence-corrected chi connectivity index (χ1v) is 12.6. The van der Waals surface area contributed by atoms with Gasteiger partial charge in [0.15, 0.2) is 0 Å². The third kappa shape index (κ3) is 4.92. The maximum Gasteiger partial charge on any atom is 0.228 e. The van der Waals surface area contributed by atoms with Crippen LogP contribution in [-0.4, -0.2) is 35.8 Å². The Morgan fingerprint density at radius 3 is 2.63 bits per heavy atom. The molecule has 0 bridgehead atoms. The van der Waals surface area contributed by atoms with E-state index in [2.05, 4.69) is 22.0 Å². The molecule has 35 heavy (non-hydrogen) atoms. The number of nitriles is 1. The van der Waals surface area contributed by atoms with E-state index >= 15 is 0 Å². The first-order valence-electron chi connectivity index (χ1n) is 12.6. The molecule has 181 valence electrons. The molecule has 1 radical (unpaired) electrons. The molecular formula is C29H32N3O3. The van der Waals surface area contributed by atoms with Crippen molar-refractivity contribution in [2.45, 2.75) is 64.1 Å². The average molecular weight is 471 g/mol. The molecule has 2 aliphatic rings. The number of fused-ring (bicyclic) bond motifs is 1. The predicted molar refractivity (Wildman–Crippen MR) is 136 cm³/mol. The molecule has 1 aromatic heterocycles. The zero-order valence-corrected chi connectivity index (χ0v) is 20.4. The zero-order chi connectivity index (χ0) is 24.4. The lowest BCUT2D eigenvalue weighted by Gasteiger charge is -2.30. The number of nitrogens with zero attached hydrogens (tertiary/aromatic N) is 2. The SMILES string of the molecule is CC(C)NC(=O)[CH]c1ccc(-c2c(C#N)c3ccc(OCC4CCCO4)cc3n2C2CCC2)cc1. The van der Waals surface area contributed by atoms with Gasteiger partial charge in [-0.3, -0.25) is 4.79 Å². The van der Waals surface area contributed by atoms with Gasteiger partial charge in [-0.25, -0.2) is 0 Å². The van der Waals surface area contributed by atoms with E-state index in [-0.39, 0.29) is 18.1 Å². The molecule has 3 aromatic rings. The van der Waals surface area contributed by atoms with Crippen LogP contribution in [0, 0.1) is 17.8 Å².